The number of pyridine rings is 1. The first kappa shape index (κ1) is 14.7. The van der Waals surface area contributed by atoms with Crippen molar-refractivity contribution in [3.05, 3.63) is 77.9 Å². The summed E-state index contributed by atoms with van der Waals surface area (Å²) in [6, 6.07) is 23.8. The van der Waals surface area contributed by atoms with Crippen LogP contribution in [-0.2, 0) is 12.8 Å². The Morgan fingerprint density at radius 2 is 1.64 bits per heavy atom. The van der Waals surface area contributed by atoms with E-state index in [1.807, 2.05) is 0 Å². The second-order valence-corrected chi connectivity index (χ2v) is 7.31. The van der Waals surface area contributed by atoms with Crippen LogP contribution in [0.3, 0.4) is 0 Å². The molecule has 25 heavy (non-hydrogen) atoms. The topological polar surface area (TPSA) is 12.9 Å². The molecule has 3 aromatic carbocycles. The summed E-state index contributed by atoms with van der Waals surface area (Å²) >= 11 is 0. The van der Waals surface area contributed by atoms with Crippen LogP contribution in [-0.4, -0.2) is 4.98 Å². The highest BCUT2D eigenvalue weighted by atomic mass is 14.7. The molecule has 0 saturated heterocycles. The van der Waals surface area contributed by atoms with Gasteiger partial charge in [-0.25, -0.2) is 4.98 Å². The zero-order chi connectivity index (χ0) is 16.8. The molecule has 0 bridgehead atoms. The minimum Gasteiger partial charge on any atom is -0.247 e. The van der Waals surface area contributed by atoms with E-state index < -0.39 is 0 Å². The maximum atomic E-state index is 5.14. The van der Waals surface area contributed by atoms with E-state index in [4.69, 9.17) is 4.98 Å². The van der Waals surface area contributed by atoms with Gasteiger partial charge in [0.2, 0.25) is 0 Å². The van der Waals surface area contributed by atoms with Gasteiger partial charge in [-0.1, -0.05) is 67.6 Å². The number of fused-ring (bicyclic) bond motifs is 5. The standard InChI is InChI=1S/C24H21N/c1-16-11-13-20-21(15-16)24(18-8-3-2-4-9-18)25-22-14-12-17-7-5-6-10-19(17)23(20)22/h2-10,12,14,16H,11,13,15H2,1H3/t16-/m1/s1. The largest absolute Gasteiger partial charge is 0.247 e. The van der Waals surface area contributed by atoms with Crippen molar-refractivity contribution in [2.45, 2.75) is 26.2 Å². The molecule has 0 aliphatic heterocycles. The molecule has 122 valence electrons. The van der Waals surface area contributed by atoms with Gasteiger partial charge in [0, 0.05) is 10.9 Å². The van der Waals surface area contributed by atoms with E-state index in [1.54, 1.807) is 0 Å². The van der Waals surface area contributed by atoms with E-state index in [-0.39, 0.29) is 0 Å². The van der Waals surface area contributed by atoms with Crippen LogP contribution >= 0.6 is 0 Å². The summed E-state index contributed by atoms with van der Waals surface area (Å²) in [6.07, 6.45) is 3.55. The maximum absolute atomic E-state index is 5.14. The number of rotatable bonds is 1. The average Bonchev–Trinajstić information content (AvgIpc) is 2.67. The van der Waals surface area contributed by atoms with Gasteiger partial charge in [0.15, 0.2) is 0 Å². The summed E-state index contributed by atoms with van der Waals surface area (Å²) in [4.78, 5) is 5.14. The second-order valence-electron chi connectivity index (χ2n) is 7.31. The average molecular weight is 323 g/mol. The predicted octanol–water partition coefficient (Wildman–Crippen LogP) is 6.18. The minimum absolute atomic E-state index is 0.726. The Hall–Kier alpha value is -2.67. The second kappa shape index (κ2) is 5.70. The predicted molar refractivity (Wildman–Crippen MR) is 106 cm³/mol. The van der Waals surface area contributed by atoms with Crippen LogP contribution in [0.25, 0.3) is 32.9 Å². The van der Waals surface area contributed by atoms with Crippen molar-refractivity contribution in [2.75, 3.05) is 0 Å². The molecule has 1 aliphatic rings. The third-order valence-corrected chi connectivity index (χ3v) is 5.58. The molecule has 0 saturated carbocycles. The highest BCUT2D eigenvalue weighted by Gasteiger charge is 2.23. The van der Waals surface area contributed by atoms with Gasteiger partial charge in [0.25, 0.3) is 0 Å². The van der Waals surface area contributed by atoms with Gasteiger partial charge in [0.05, 0.1) is 11.2 Å². The van der Waals surface area contributed by atoms with Crippen LogP contribution in [0.4, 0.5) is 0 Å². The maximum Gasteiger partial charge on any atom is 0.0744 e. The molecule has 0 spiro atoms. The van der Waals surface area contributed by atoms with E-state index in [0.717, 1.165) is 24.3 Å². The Morgan fingerprint density at radius 1 is 0.840 bits per heavy atom. The first-order valence-corrected chi connectivity index (χ1v) is 9.20. The fraction of sp³-hybridized carbons (Fsp3) is 0.208. The van der Waals surface area contributed by atoms with Crippen molar-refractivity contribution < 1.29 is 0 Å². The molecule has 1 heteroatoms. The molecule has 1 aromatic heterocycles. The minimum atomic E-state index is 0.726. The zero-order valence-electron chi connectivity index (χ0n) is 14.5. The molecule has 0 unspecified atom stereocenters. The Bertz CT molecular complexity index is 1080. The molecule has 1 nitrogen and oxygen atoms in total. The molecule has 0 radical (unpaired) electrons. The SMILES string of the molecule is C[C@@H]1CCc2c(c(-c3ccccc3)nc3ccc4ccccc4c23)C1. The monoisotopic (exact) mass is 323 g/mol. The molecule has 0 amide bonds. The van der Waals surface area contributed by atoms with Crippen LogP contribution in [0.15, 0.2) is 66.7 Å². The Balaban J connectivity index is 1.91. The molecule has 0 fully saturated rings. The van der Waals surface area contributed by atoms with Crippen molar-refractivity contribution in [3.63, 3.8) is 0 Å². The smallest absolute Gasteiger partial charge is 0.0744 e. The molecule has 1 aliphatic carbocycles. The van der Waals surface area contributed by atoms with Gasteiger partial charge < -0.3 is 0 Å². The van der Waals surface area contributed by atoms with Crippen molar-refractivity contribution in [1.82, 2.24) is 4.98 Å². The van der Waals surface area contributed by atoms with E-state index in [1.165, 1.54) is 45.0 Å². The van der Waals surface area contributed by atoms with Crippen molar-refractivity contribution in [3.8, 4) is 11.3 Å². The van der Waals surface area contributed by atoms with Crippen LogP contribution in [0.1, 0.15) is 24.5 Å². The highest BCUT2D eigenvalue weighted by molar-refractivity contribution is 6.09. The fourth-order valence-corrected chi connectivity index (χ4v) is 4.32. The lowest BCUT2D eigenvalue weighted by Gasteiger charge is -2.26. The lowest BCUT2D eigenvalue weighted by atomic mass is 9.80. The van der Waals surface area contributed by atoms with Crippen LogP contribution in [0, 0.1) is 5.92 Å². The third-order valence-electron chi connectivity index (χ3n) is 5.58. The molecular weight excluding hydrogens is 302 g/mol. The lowest BCUT2D eigenvalue weighted by Crippen LogP contribution is -2.14. The van der Waals surface area contributed by atoms with Gasteiger partial charge in [-0.05, 0) is 53.1 Å². The Morgan fingerprint density at radius 3 is 2.52 bits per heavy atom. The summed E-state index contributed by atoms with van der Waals surface area (Å²) in [5.41, 5.74) is 6.55. The van der Waals surface area contributed by atoms with Crippen LogP contribution in [0.2, 0.25) is 0 Å². The van der Waals surface area contributed by atoms with Gasteiger partial charge in [-0.3, -0.25) is 0 Å². The summed E-state index contributed by atoms with van der Waals surface area (Å²) in [6.45, 7) is 2.37. The van der Waals surface area contributed by atoms with Crippen molar-refractivity contribution >= 4 is 21.7 Å². The number of nitrogens with zero attached hydrogens (tertiary/aromatic N) is 1. The quantitative estimate of drug-likeness (QED) is 0.381. The molecule has 1 heterocycles. The number of benzene rings is 3. The molecule has 4 aromatic rings. The number of hydrogen-bond acceptors (Lipinski definition) is 1. The first-order valence-electron chi connectivity index (χ1n) is 9.20. The number of aryl methyl sites for hydroxylation is 1. The van der Waals surface area contributed by atoms with Gasteiger partial charge in [0.1, 0.15) is 0 Å². The number of aromatic nitrogens is 1. The Kier molecular flexibility index (Phi) is 3.34. The van der Waals surface area contributed by atoms with E-state index in [2.05, 4.69) is 73.7 Å². The summed E-state index contributed by atoms with van der Waals surface area (Å²) < 4.78 is 0. The van der Waals surface area contributed by atoms with Crippen molar-refractivity contribution in [1.29, 1.82) is 0 Å². The molecule has 1 atom stereocenters. The number of hydrogen-bond donors (Lipinski definition) is 0. The zero-order valence-corrected chi connectivity index (χ0v) is 14.5. The fourth-order valence-electron chi connectivity index (χ4n) is 4.32. The molecule has 5 rings (SSSR count). The summed E-state index contributed by atoms with van der Waals surface area (Å²) in [5.74, 6) is 0.726. The molecule has 0 N–H and O–H groups in total. The summed E-state index contributed by atoms with van der Waals surface area (Å²) in [7, 11) is 0. The van der Waals surface area contributed by atoms with E-state index in [0.29, 0.717) is 0 Å². The van der Waals surface area contributed by atoms with Gasteiger partial charge in [-0.15, -0.1) is 0 Å². The van der Waals surface area contributed by atoms with Crippen LogP contribution < -0.4 is 0 Å². The van der Waals surface area contributed by atoms with Gasteiger partial charge in [-0.2, -0.15) is 0 Å². The van der Waals surface area contributed by atoms with Gasteiger partial charge >= 0.3 is 0 Å². The Labute approximate surface area is 148 Å². The van der Waals surface area contributed by atoms with Crippen LogP contribution in [0.5, 0.6) is 0 Å². The molecular formula is C24H21N. The normalized spacial score (nSPS) is 16.9. The highest BCUT2D eigenvalue weighted by Crippen LogP contribution is 2.39. The summed E-state index contributed by atoms with van der Waals surface area (Å²) in [5, 5.41) is 4.03. The van der Waals surface area contributed by atoms with Crippen molar-refractivity contribution in [2.24, 2.45) is 5.92 Å². The first-order chi connectivity index (χ1) is 12.3. The van der Waals surface area contributed by atoms with E-state index >= 15 is 0 Å². The third kappa shape index (κ3) is 2.34. The van der Waals surface area contributed by atoms with E-state index in [9.17, 15) is 0 Å². The lowest BCUT2D eigenvalue weighted by molar-refractivity contribution is 0.503.